The molecule has 0 bridgehead atoms. The van der Waals surface area contributed by atoms with E-state index in [9.17, 15) is 5.11 Å². The van der Waals surface area contributed by atoms with Crippen LogP contribution in [0.25, 0.3) is 0 Å². The highest BCUT2D eigenvalue weighted by Gasteiger charge is 2.31. The molecule has 0 saturated heterocycles. The van der Waals surface area contributed by atoms with Gasteiger partial charge in [-0.3, -0.25) is 4.68 Å². The van der Waals surface area contributed by atoms with Gasteiger partial charge < -0.3 is 5.11 Å². The molecule has 0 atom stereocenters. The lowest BCUT2D eigenvalue weighted by Crippen LogP contribution is -2.34. The second kappa shape index (κ2) is 5.11. The number of hydrogen-bond acceptors (Lipinski definition) is 2. The Morgan fingerprint density at radius 1 is 1.35 bits per heavy atom. The number of aryl methyl sites for hydroxylation is 2. The largest absolute Gasteiger partial charge is 0.389 e. The second-order valence-corrected chi connectivity index (χ2v) is 5.94. The van der Waals surface area contributed by atoms with Crippen LogP contribution in [-0.4, -0.2) is 20.5 Å². The standard InChI is InChI=1S/C13H21BrN2O/c1-3-10-12(14)11(16(2)15-10)9-13(17)7-5-4-6-8-13/h17H,3-9H2,1-2H3. The van der Waals surface area contributed by atoms with E-state index in [2.05, 4.69) is 28.0 Å². The third kappa shape index (κ3) is 2.74. The molecule has 1 fully saturated rings. The fraction of sp³-hybridized carbons (Fsp3) is 0.769. The second-order valence-electron chi connectivity index (χ2n) is 5.15. The van der Waals surface area contributed by atoms with E-state index in [1.807, 2.05) is 11.7 Å². The van der Waals surface area contributed by atoms with Gasteiger partial charge in [-0.25, -0.2) is 0 Å². The summed E-state index contributed by atoms with van der Waals surface area (Å²) in [5.74, 6) is 0. The van der Waals surface area contributed by atoms with Gasteiger partial charge in [0.1, 0.15) is 0 Å². The molecule has 1 aromatic heterocycles. The molecule has 0 aromatic carbocycles. The minimum atomic E-state index is -0.514. The first-order valence-corrected chi connectivity index (χ1v) is 7.27. The molecule has 0 unspecified atom stereocenters. The molecule has 4 heteroatoms. The number of rotatable bonds is 3. The highest BCUT2D eigenvalue weighted by Crippen LogP contribution is 2.33. The smallest absolute Gasteiger partial charge is 0.0766 e. The summed E-state index contributed by atoms with van der Waals surface area (Å²) < 4.78 is 3.00. The third-order valence-corrected chi connectivity index (χ3v) is 4.70. The lowest BCUT2D eigenvalue weighted by Gasteiger charge is -2.32. The van der Waals surface area contributed by atoms with Crippen molar-refractivity contribution in [2.75, 3.05) is 0 Å². The van der Waals surface area contributed by atoms with E-state index in [0.717, 1.165) is 54.4 Å². The average molecular weight is 301 g/mol. The van der Waals surface area contributed by atoms with Gasteiger partial charge in [-0.1, -0.05) is 26.2 Å². The molecular formula is C13H21BrN2O. The first-order chi connectivity index (χ1) is 8.06. The van der Waals surface area contributed by atoms with Gasteiger partial charge in [0.15, 0.2) is 0 Å². The molecule has 1 heterocycles. The molecule has 0 spiro atoms. The summed E-state index contributed by atoms with van der Waals surface area (Å²) in [5, 5.41) is 15.1. The van der Waals surface area contributed by atoms with E-state index < -0.39 is 5.60 Å². The monoisotopic (exact) mass is 300 g/mol. The molecular weight excluding hydrogens is 280 g/mol. The number of halogens is 1. The van der Waals surface area contributed by atoms with Gasteiger partial charge in [0.05, 0.1) is 21.5 Å². The maximum Gasteiger partial charge on any atom is 0.0766 e. The topological polar surface area (TPSA) is 38.0 Å². The van der Waals surface area contributed by atoms with E-state index in [4.69, 9.17) is 0 Å². The lowest BCUT2D eigenvalue weighted by molar-refractivity contribution is 0.00279. The maximum absolute atomic E-state index is 10.6. The fourth-order valence-corrected chi connectivity index (χ4v) is 3.47. The van der Waals surface area contributed by atoms with Crippen LogP contribution in [0.5, 0.6) is 0 Å². The minimum absolute atomic E-state index is 0.514. The fourth-order valence-electron chi connectivity index (χ4n) is 2.71. The molecule has 0 amide bonds. The molecule has 2 rings (SSSR count). The highest BCUT2D eigenvalue weighted by atomic mass is 79.9. The summed E-state index contributed by atoms with van der Waals surface area (Å²) in [6.45, 7) is 2.10. The van der Waals surface area contributed by atoms with E-state index in [1.165, 1.54) is 6.42 Å². The van der Waals surface area contributed by atoms with Crippen molar-refractivity contribution in [3.8, 4) is 0 Å². The summed E-state index contributed by atoms with van der Waals surface area (Å²) in [5.41, 5.74) is 1.70. The van der Waals surface area contributed by atoms with Crippen LogP contribution in [0.2, 0.25) is 0 Å². The summed E-state index contributed by atoms with van der Waals surface area (Å²) in [6.07, 6.45) is 7.04. The Morgan fingerprint density at radius 3 is 2.53 bits per heavy atom. The van der Waals surface area contributed by atoms with Crippen molar-refractivity contribution in [2.24, 2.45) is 7.05 Å². The van der Waals surface area contributed by atoms with Crippen molar-refractivity contribution < 1.29 is 5.11 Å². The van der Waals surface area contributed by atoms with Crippen LogP contribution >= 0.6 is 15.9 Å². The molecule has 3 nitrogen and oxygen atoms in total. The van der Waals surface area contributed by atoms with Crippen molar-refractivity contribution in [1.29, 1.82) is 0 Å². The van der Waals surface area contributed by atoms with E-state index in [0.29, 0.717) is 0 Å². The van der Waals surface area contributed by atoms with Gasteiger partial charge in [0.2, 0.25) is 0 Å². The molecule has 1 aliphatic rings. The van der Waals surface area contributed by atoms with Crippen molar-refractivity contribution in [2.45, 2.75) is 57.5 Å². The zero-order chi connectivity index (χ0) is 12.5. The van der Waals surface area contributed by atoms with Gasteiger partial charge in [-0.15, -0.1) is 0 Å². The first-order valence-electron chi connectivity index (χ1n) is 6.48. The molecule has 0 aliphatic heterocycles. The van der Waals surface area contributed by atoms with Crippen LogP contribution < -0.4 is 0 Å². The van der Waals surface area contributed by atoms with E-state index in [1.54, 1.807) is 0 Å². The zero-order valence-electron chi connectivity index (χ0n) is 10.7. The summed E-state index contributed by atoms with van der Waals surface area (Å²) in [6, 6.07) is 0. The normalized spacial score (nSPS) is 19.5. The molecule has 1 aliphatic carbocycles. The predicted octanol–water partition coefficient (Wildman–Crippen LogP) is 2.98. The van der Waals surface area contributed by atoms with Crippen LogP contribution in [0.4, 0.5) is 0 Å². The number of nitrogens with zero attached hydrogens (tertiary/aromatic N) is 2. The van der Waals surface area contributed by atoms with Crippen molar-refractivity contribution in [3.63, 3.8) is 0 Å². The highest BCUT2D eigenvalue weighted by molar-refractivity contribution is 9.10. The Kier molecular flexibility index (Phi) is 3.93. The van der Waals surface area contributed by atoms with Crippen LogP contribution in [0.3, 0.4) is 0 Å². The van der Waals surface area contributed by atoms with Gasteiger partial charge in [0, 0.05) is 13.5 Å². The quantitative estimate of drug-likeness (QED) is 0.932. The maximum atomic E-state index is 10.6. The summed E-state index contributed by atoms with van der Waals surface area (Å²) in [4.78, 5) is 0. The number of hydrogen-bond donors (Lipinski definition) is 1. The number of aliphatic hydroxyl groups is 1. The van der Waals surface area contributed by atoms with Crippen LogP contribution in [-0.2, 0) is 19.9 Å². The van der Waals surface area contributed by atoms with Gasteiger partial charge in [0.25, 0.3) is 0 Å². The summed E-state index contributed by atoms with van der Waals surface area (Å²) in [7, 11) is 1.96. The minimum Gasteiger partial charge on any atom is -0.389 e. The van der Waals surface area contributed by atoms with Gasteiger partial charge in [-0.05, 0) is 35.2 Å². The number of aromatic nitrogens is 2. The lowest BCUT2D eigenvalue weighted by atomic mass is 9.81. The van der Waals surface area contributed by atoms with E-state index >= 15 is 0 Å². The Labute approximate surface area is 111 Å². The SMILES string of the molecule is CCc1nn(C)c(CC2(O)CCCCC2)c1Br. The molecule has 1 saturated carbocycles. The predicted molar refractivity (Wildman–Crippen MR) is 72.0 cm³/mol. The first kappa shape index (κ1) is 13.1. The van der Waals surface area contributed by atoms with Crippen molar-refractivity contribution in [3.05, 3.63) is 15.9 Å². The Morgan fingerprint density at radius 2 is 2.00 bits per heavy atom. The summed E-state index contributed by atoms with van der Waals surface area (Å²) >= 11 is 3.62. The van der Waals surface area contributed by atoms with Crippen LogP contribution in [0, 0.1) is 0 Å². The van der Waals surface area contributed by atoms with Crippen molar-refractivity contribution >= 4 is 15.9 Å². The zero-order valence-corrected chi connectivity index (χ0v) is 12.3. The Hall–Kier alpha value is -0.350. The molecule has 0 radical (unpaired) electrons. The van der Waals surface area contributed by atoms with Crippen LogP contribution in [0.15, 0.2) is 4.47 Å². The Balaban J connectivity index is 2.20. The van der Waals surface area contributed by atoms with Gasteiger partial charge in [-0.2, -0.15) is 5.10 Å². The Bertz CT molecular complexity index is 394. The molecule has 17 heavy (non-hydrogen) atoms. The van der Waals surface area contributed by atoms with E-state index in [-0.39, 0.29) is 0 Å². The third-order valence-electron chi connectivity index (χ3n) is 3.78. The molecule has 1 aromatic rings. The van der Waals surface area contributed by atoms with Crippen LogP contribution in [0.1, 0.15) is 50.4 Å². The molecule has 1 N–H and O–H groups in total. The average Bonchev–Trinajstić information content (AvgIpc) is 2.57. The van der Waals surface area contributed by atoms with Gasteiger partial charge >= 0.3 is 0 Å². The van der Waals surface area contributed by atoms with Crippen molar-refractivity contribution in [1.82, 2.24) is 9.78 Å². The molecule has 96 valence electrons.